The summed E-state index contributed by atoms with van der Waals surface area (Å²) in [7, 11) is 0. The van der Waals surface area contributed by atoms with Gasteiger partial charge in [-0.3, -0.25) is 9.69 Å². The molecule has 1 heterocycles. The highest BCUT2D eigenvalue weighted by atomic mass is 19.1. The highest BCUT2D eigenvalue weighted by Gasteiger charge is 2.54. The Bertz CT molecular complexity index is 528. The van der Waals surface area contributed by atoms with Crippen LogP contribution in [0.4, 0.5) is 8.78 Å². The number of carboxylic acids is 1. The van der Waals surface area contributed by atoms with Gasteiger partial charge in [-0.05, 0) is 36.5 Å². The van der Waals surface area contributed by atoms with Crippen molar-refractivity contribution in [3.8, 4) is 0 Å². The van der Waals surface area contributed by atoms with E-state index in [0.29, 0.717) is 31.6 Å². The molecule has 0 unspecified atom stereocenters. The zero-order valence-electron chi connectivity index (χ0n) is 11.1. The molecule has 2 fully saturated rings. The number of rotatable bonds is 3. The molecule has 0 amide bonds. The zero-order valence-corrected chi connectivity index (χ0v) is 11.1. The fourth-order valence-corrected chi connectivity index (χ4v) is 3.82. The maximum atomic E-state index is 13.2. The molecule has 0 radical (unpaired) electrons. The van der Waals surface area contributed by atoms with Crippen LogP contribution in [-0.4, -0.2) is 29.1 Å². The third-order valence-electron chi connectivity index (χ3n) is 4.70. The summed E-state index contributed by atoms with van der Waals surface area (Å²) in [6, 6.07) is 3.47. The molecular weight excluding hydrogens is 264 g/mol. The topological polar surface area (TPSA) is 40.5 Å². The Balaban J connectivity index is 1.76. The van der Waals surface area contributed by atoms with Crippen molar-refractivity contribution in [1.29, 1.82) is 0 Å². The smallest absolute Gasteiger partial charge is 0.311 e. The molecule has 1 aromatic rings. The molecule has 20 heavy (non-hydrogen) atoms. The number of likely N-dealkylation sites (tertiary alicyclic amines) is 1. The Labute approximate surface area is 116 Å². The number of benzene rings is 1. The van der Waals surface area contributed by atoms with E-state index in [2.05, 4.69) is 0 Å². The van der Waals surface area contributed by atoms with Crippen molar-refractivity contribution in [2.24, 2.45) is 11.3 Å². The molecule has 3 nitrogen and oxygen atoms in total. The fourth-order valence-electron chi connectivity index (χ4n) is 3.82. The summed E-state index contributed by atoms with van der Waals surface area (Å²) in [5.74, 6) is -1.74. The van der Waals surface area contributed by atoms with Crippen LogP contribution in [0.3, 0.4) is 0 Å². The minimum atomic E-state index is -0.729. The van der Waals surface area contributed by atoms with E-state index in [-0.39, 0.29) is 5.92 Å². The van der Waals surface area contributed by atoms with E-state index in [0.717, 1.165) is 18.9 Å². The summed E-state index contributed by atoms with van der Waals surface area (Å²) in [5.41, 5.74) is -0.0886. The molecule has 3 rings (SSSR count). The summed E-state index contributed by atoms with van der Waals surface area (Å²) in [6.45, 7) is 1.58. The van der Waals surface area contributed by atoms with Crippen LogP contribution in [0.5, 0.6) is 0 Å². The summed E-state index contributed by atoms with van der Waals surface area (Å²) in [6.07, 6.45) is 2.60. The maximum absolute atomic E-state index is 13.2. The van der Waals surface area contributed by atoms with Crippen molar-refractivity contribution >= 4 is 5.97 Å². The van der Waals surface area contributed by atoms with Gasteiger partial charge >= 0.3 is 5.97 Å². The van der Waals surface area contributed by atoms with Gasteiger partial charge in [-0.2, -0.15) is 0 Å². The van der Waals surface area contributed by atoms with Gasteiger partial charge in [-0.25, -0.2) is 8.78 Å². The number of fused-ring (bicyclic) bond motifs is 1. The van der Waals surface area contributed by atoms with Crippen LogP contribution >= 0.6 is 0 Å². The second-order valence-electron chi connectivity index (χ2n) is 6.00. The van der Waals surface area contributed by atoms with Crippen molar-refractivity contribution in [3.63, 3.8) is 0 Å². The number of aliphatic carboxylic acids is 1. The zero-order chi connectivity index (χ0) is 14.3. The molecule has 108 valence electrons. The van der Waals surface area contributed by atoms with Crippen molar-refractivity contribution in [2.75, 3.05) is 13.1 Å². The largest absolute Gasteiger partial charge is 0.481 e. The molecule has 5 heteroatoms. The Morgan fingerprint density at radius 3 is 2.65 bits per heavy atom. The van der Waals surface area contributed by atoms with Crippen LogP contribution < -0.4 is 0 Å². The average molecular weight is 281 g/mol. The quantitative estimate of drug-likeness (QED) is 0.926. The number of carbonyl (C=O) groups is 1. The molecule has 1 aromatic carbocycles. The Kier molecular flexibility index (Phi) is 3.24. The SMILES string of the molecule is O=C(O)[C@@]12CCC[C@H]1CN(Cc1cc(F)cc(F)c1)C2. The Hall–Kier alpha value is -1.49. The van der Waals surface area contributed by atoms with E-state index in [4.69, 9.17) is 0 Å². The molecule has 1 saturated heterocycles. The molecule has 2 aliphatic rings. The molecule has 1 saturated carbocycles. The Morgan fingerprint density at radius 1 is 1.35 bits per heavy atom. The van der Waals surface area contributed by atoms with Crippen molar-refractivity contribution in [3.05, 3.63) is 35.4 Å². The summed E-state index contributed by atoms with van der Waals surface area (Å²) in [4.78, 5) is 13.6. The average Bonchev–Trinajstić information content (AvgIpc) is 2.84. The first-order chi connectivity index (χ1) is 9.49. The molecule has 1 aliphatic carbocycles. The van der Waals surface area contributed by atoms with Crippen LogP contribution in [0.15, 0.2) is 18.2 Å². The van der Waals surface area contributed by atoms with E-state index in [1.807, 2.05) is 4.90 Å². The summed E-state index contributed by atoms with van der Waals surface area (Å²) in [5, 5.41) is 9.50. The second kappa shape index (κ2) is 4.81. The van der Waals surface area contributed by atoms with E-state index in [9.17, 15) is 18.7 Å². The second-order valence-corrected chi connectivity index (χ2v) is 6.00. The van der Waals surface area contributed by atoms with Crippen molar-refractivity contribution in [1.82, 2.24) is 4.90 Å². The van der Waals surface area contributed by atoms with Crippen LogP contribution in [0, 0.1) is 23.0 Å². The van der Waals surface area contributed by atoms with Gasteiger partial charge in [0.2, 0.25) is 0 Å². The highest BCUT2D eigenvalue weighted by molar-refractivity contribution is 5.76. The van der Waals surface area contributed by atoms with Crippen molar-refractivity contribution in [2.45, 2.75) is 25.8 Å². The third-order valence-corrected chi connectivity index (χ3v) is 4.70. The minimum Gasteiger partial charge on any atom is -0.481 e. The molecule has 0 aromatic heterocycles. The van der Waals surface area contributed by atoms with Gasteiger partial charge in [0.25, 0.3) is 0 Å². The van der Waals surface area contributed by atoms with Gasteiger partial charge < -0.3 is 5.11 Å². The Morgan fingerprint density at radius 2 is 2.05 bits per heavy atom. The van der Waals surface area contributed by atoms with Gasteiger partial charge in [-0.1, -0.05) is 6.42 Å². The van der Waals surface area contributed by atoms with Gasteiger partial charge in [0, 0.05) is 25.7 Å². The first-order valence-corrected chi connectivity index (χ1v) is 6.90. The molecule has 2 atom stereocenters. The van der Waals surface area contributed by atoms with Gasteiger partial charge in [0.05, 0.1) is 5.41 Å². The molecule has 0 spiro atoms. The normalized spacial score (nSPS) is 29.6. The third kappa shape index (κ3) is 2.20. The minimum absolute atomic E-state index is 0.165. The summed E-state index contributed by atoms with van der Waals surface area (Å²) < 4.78 is 26.4. The van der Waals surface area contributed by atoms with Crippen LogP contribution in [-0.2, 0) is 11.3 Å². The summed E-state index contributed by atoms with van der Waals surface area (Å²) >= 11 is 0. The van der Waals surface area contributed by atoms with Crippen LogP contribution in [0.25, 0.3) is 0 Å². The lowest BCUT2D eigenvalue weighted by Crippen LogP contribution is -2.35. The van der Waals surface area contributed by atoms with E-state index < -0.39 is 23.0 Å². The number of hydrogen-bond acceptors (Lipinski definition) is 2. The van der Waals surface area contributed by atoms with Crippen LogP contribution in [0.1, 0.15) is 24.8 Å². The van der Waals surface area contributed by atoms with Gasteiger partial charge in [0.1, 0.15) is 11.6 Å². The predicted molar refractivity (Wildman–Crippen MR) is 69.0 cm³/mol. The molecular formula is C15H17F2NO2. The lowest BCUT2D eigenvalue weighted by atomic mass is 9.81. The number of halogens is 2. The van der Waals surface area contributed by atoms with Gasteiger partial charge in [0.15, 0.2) is 0 Å². The lowest BCUT2D eigenvalue weighted by molar-refractivity contribution is -0.149. The maximum Gasteiger partial charge on any atom is 0.311 e. The van der Waals surface area contributed by atoms with Crippen LogP contribution in [0.2, 0.25) is 0 Å². The number of nitrogens with zero attached hydrogens (tertiary/aromatic N) is 1. The molecule has 1 aliphatic heterocycles. The lowest BCUT2D eigenvalue weighted by Gasteiger charge is -2.23. The standard InChI is InChI=1S/C15H17F2NO2/c16-12-4-10(5-13(17)6-12)7-18-8-11-2-1-3-15(11,9-18)14(19)20/h4-6,11H,1-3,7-9H2,(H,19,20)/t11-,15+/m0/s1. The van der Waals surface area contributed by atoms with Gasteiger partial charge in [-0.15, -0.1) is 0 Å². The van der Waals surface area contributed by atoms with E-state index in [1.54, 1.807) is 0 Å². The predicted octanol–water partition coefficient (Wildman–Crippen LogP) is 2.65. The van der Waals surface area contributed by atoms with E-state index >= 15 is 0 Å². The first-order valence-electron chi connectivity index (χ1n) is 6.90. The van der Waals surface area contributed by atoms with E-state index in [1.165, 1.54) is 12.1 Å². The molecule has 1 N–H and O–H groups in total. The highest BCUT2D eigenvalue weighted by Crippen LogP contribution is 2.49. The first kappa shape index (κ1) is 13.5. The monoisotopic (exact) mass is 281 g/mol. The number of hydrogen-bond donors (Lipinski definition) is 1. The van der Waals surface area contributed by atoms with Crippen molar-refractivity contribution < 1.29 is 18.7 Å². The fraction of sp³-hybridized carbons (Fsp3) is 0.533. The number of carboxylic acid groups (broad SMARTS) is 1. The molecule has 0 bridgehead atoms.